The molecule has 0 fully saturated rings. The summed E-state index contributed by atoms with van der Waals surface area (Å²) in [5.74, 6) is 6.60. The molecule has 0 bridgehead atoms. The minimum absolute atomic E-state index is 0.0689. The van der Waals surface area contributed by atoms with Crippen LogP contribution in [-0.2, 0) is 6.42 Å². The summed E-state index contributed by atoms with van der Waals surface area (Å²) in [6.07, 6.45) is 2.03. The van der Waals surface area contributed by atoms with E-state index in [1.165, 1.54) is 23.0 Å². The van der Waals surface area contributed by atoms with Crippen molar-refractivity contribution in [3.63, 3.8) is 0 Å². The van der Waals surface area contributed by atoms with Crippen molar-refractivity contribution in [2.75, 3.05) is 11.3 Å². The SMILES string of the molecule is CCc1nnc(NN=Cc2ccc(Cl)c([N+](=O)[O-])c2)n1N. The van der Waals surface area contributed by atoms with Crippen LogP contribution in [0.1, 0.15) is 18.3 Å². The highest BCUT2D eigenvalue weighted by atomic mass is 35.5. The summed E-state index contributed by atoms with van der Waals surface area (Å²) in [5, 5.41) is 22.4. The lowest BCUT2D eigenvalue weighted by molar-refractivity contribution is -0.384. The van der Waals surface area contributed by atoms with Crippen molar-refractivity contribution in [3.8, 4) is 0 Å². The number of aromatic nitrogens is 3. The van der Waals surface area contributed by atoms with E-state index in [4.69, 9.17) is 17.4 Å². The second-order valence-electron chi connectivity index (χ2n) is 4.00. The Kier molecular flexibility index (Phi) is 4.33. The molecule has 0 aliphatic rings. The highest BCUT2D eigenvalue weighted by molar-refractivity contribution is 6.32. The zero-order chi connectivity index (χ0) is 15.4. The minimum Gasteiger partial charge on any atom is -0.335 e. The van der Waals surface area contributed by atoms with E-state index < -0.39 is 4.92 Å². The Bertz CT molecular complexity index is 698. The number of nitro groups is 1. The first-order chi connectivity index (χ1) is 10.0. The zero-order valence-electron chi connectivity index (χ0n) is 11.0. The normalized spacial score (nSPS) is 11.0. The fourth-order valence-electron chi connectivity index (χ4n) is 1.56. The number of anilines is 1. The number of hydrogen-bond donors (Lipinski definition) is 2. The third kappa shape index (κ3) is 3.26. The molecular weight excluding hydrogens is 298 g/mol. The third-order valence-corrected chi connectivity index (χ3v) is 2.95. The van der Waals surface area contributed by atoms with Gasteiger partial charge in [-0.25, -0.2) is 10.1 Å². The number of nitrogen functional groups attached to an aromatic ring is 1. The summed E-state index contributed by atoms with van der Waals surface area (Å²) >= 11 is 5.72. The van der Waals surface area contributed by atoms with Gasteiger partial charge in [-0.05, 0) is 6.07 Å². The zero-order valence-corrected chi connectivity index (χ0v) is 11.8. The van der Waals surface area contributed by atoms with E-state index in [0.717, 1.165) is 0 Å². The lowest BCUT2D eigenvalue weighted by atomic mass is 10.2. The van der Waals surface area contributed by atoms with E-state index in [2.05, 4.69) is 20.7 Å². The Morgan fingerprint density at radius 3 is 2.95 bits per heavy atom. The molecule has 0 spiro atoms. The van der Waals surface area contributed by atoms with Gasteiger partial charge in [0.1, 0.15) is 5.02 Å². The molecule has 110 valence electrons. The van der Waals surface area contributed by atoms with Gasteiger partial charge in [-0.1, -0.05) is 24.6 Å². The average molecular weight is 310 g/mol. The van der Waals surface area contributed by atoms with Crippen LogP contribution in [0, 0.1) is 10.1 Å². The highest BCUT2D eigenvalue weighted by Crippen LogP contribution is 2.24. The highest BCUT2D eigenvalue weighted by Gasteiger charge is 2.12. The summed E-state index contributed by atoms with van der Waals surface area (Å²) < 4.78 is 1.28. The average Bonchev–Trinajstić information content (AvgIpc) is 2.81. The van der Waals surface area contributed by atoms with Gasteiger partial charge in [0.15, 0.2) is 5.82 Å². The number of hydrogen-bond acceptors (Lipinski definition) is 7. The van der Waals surface area contributed by atoms with Crippen LogP contribution >= 0.6 is 11.6 Å². The van der Waals surface area contributed by atoms with Crippen molar-refractivity contribution in [1.82, 2.24) is 14.9 Å². The summed E-state index contributed by atoms with van der Waals surface area (Å²) in [7, 11) is 0. The molecule has 0 radical (unpaired) electrons. The summed E-state index contributed by atoms with van der Waals surface area (Å²) in [4.78, 5) is 10.2. The Morgan fingerprint density at radius 1 is 1.57 bits per heavy atom. The van der Waals surface area contributed by atoms with Crippen LogP contribution in [0.5, 0.6) is 0 Å². The molecule has 1 heterocycles. The fraction of sp³-hybridized carbons (Fsp3) is 0.182. The molecule has 21 heavy (non-hydrogen) atoms. The van der Waals surface area contributed by atoms with E-state index in [9.17, 15) is 10.1 Å². The Morgan fingerprint density at radius 2 is 2.33 bits per heavy atom. The molecule has 0 saturated carbocycles. The van der Waals surface area contributed by atoms with E-state index in [1.54, 1.807) is 6.07 Å². The smallest absolute Gasteiger partial charge is 0.288 e. The topological polar surface area (TPSA) is 124 Å². The molecule has 3 N–H and O–H groups in total. The fourth-order valence-corrected chi connectivity index (χ4v) is 1.74. The number of halogens is 1. The van der Waals surface area contributed by atoms with Gasteiger partial charge in [0.25, 0.3) is 11.6 Å². The van der Waals surface area contributed by atoms with Gasteiger partial charge >= 0.3 is 0 Å². The van der Waals surface area contributed by atoms with Crippen LogP contribution in [0.2, 0.25) is 5.02 Å². The first-order valence-corrected chi connectivity index (χ1v) is 6.33. The van der Waals surface area contributed by atoms with Crippen LogP contribution in [0.15, 0.2) is 23.3 Å². The van der Waals surface area contributed by atoms with Crippen LogP contribution < -0.4 is 11.3 Å². The number of nitrogens with two attached hydrogens (primary N) is 1. The van der Waals surface area contributed by atoms with Crippen molar-refractivity contribution in [2.24, 2.45) is 5.10 Å². The van der Waals surface area contributed by atoms with Crippen LogP contribution in [-0.4, -0.2) is 26.0 Å². The second kappa shape index (κ2) is 6.18. The molecule has 2 aromatic rings. The molecule has 0 atom stereocenters. The number of benzene rings is 1. The monoisotopic (exact) mass is 309 g/mol. The molecule has 0 amide bonds. The molecular formula is C11H12ClN7O2. The van der Waals surface area contributed by atoms with Crippen molar-refractivity contribution < 1.29 is 4.92 Å². The molecule has 1 aromatic carbocycles. The lowest BCUT2D eigenvalue weighted by Crippen LogP contribution is -2.14. The minimum atomic E-state index is -0.558. The van der Waals surface area contributed by atoms with E-state index in [1.807, 2.05) is 6.92 Å². The number of rotatable bonds is 5. The van der Waals surface area contributed by atoms with E-state index in [0.29, 0.717) is 17.8 Å². The number of hydrazone groups is 1. The standard InChI is InChI=1S/C11H12ClN7O2/c1-2-10-15-17-11(18(10)13)16-14-6-7-3-4-8(12)9(5-7)19(20)21/h3-6H,2,13H2,1H3,(H,16,17). The predicted octanol–water partition coefficient (Wildman–Crippen LogP) is 1.56. The maximum atomic E-state index is 10.8. The maximum Gasteiger partial charge on any atom is 0.288 e. The molecule has 0 aliphatic heterocycles. The lowest BCUT2D eigenvalue weighted by Gasteiger charge is -2.00. The number of nitro benzene ring substituents is 1. The maximum absolute atomic E-state index is 10.8. The van der Waals surface area contributed by atoms with Gasteiger partial charge in [0.2, 0.25) is 0 Å². The van der Waals surface area contributed by atoms with Crippen molar-refractivity contribution in [2.45, 2.75) is 13.3 Å². The summed E-state index contributed by atoms with van der Waals surface area (Å²) in [6.45, 7) is 1.90. The summed E-state index contributed by atoms with van der Waals surface area (Å²) in [6, 6.07) is 4.35. The van der Waals surface area contributed by atoms with Gasteiger partial charge in [-0.3, -0.25) is 10.1 Å². The Hall–Kier alpha value is -2.68. The Labute approximate surface area is 124 Å². The first kappa shape index (κ1) is 14.7. The molecule has 10 heteroatoms. The van der Waals surface area contributed by atoms with E-state index in [-0.39, 0.29) is 16.7 Å². The van der Waals surface area contributed by atoms with Gasteiger partial charge in [-0.15, -0.1) is 10.2 Å². The van der Waals surface area contributed by atoms with E-state index >= 15 is 0 Å². The third-order valence-electron chi connectivity index (χ3n) is 2.63. The molecule has 1 aromatic heterocycles. The summed E-state index contributed by atoms with van der Waals surface area (Å²) in [5.41, 5.74) is 2.94. The van der Waals surface area contributed by atoms with Crippen molar-refractivity contribution in [3.05, 3.63) is 44.7 Å². The number of aryl methyl sites for hydroxylation is 1. The van der Waals surface area contributed by atoms with Crippen LogP contribution in [0.25, 0.3) is 0 Å². The molecule has 0 unspecified atom stereocenters. The number of nitrogens with one attached hydrogen (secondary N) is 1. The molecule has 9 nitrogen and oxygen atoms in total. The first-order valence-electron chi connectivity index (χ1n) is 5.95. The van der Waals surface area contributed by atoms with Gasteiger partial charge < -0.3 is 5.84 Å². The molecule has 0 saturated heterocycles. The van der Waals surface area contributed by atoms with Crippen molar-refractivity contribution in [1.29, 1.82) is 0 Å². The quantitative estimate of drug-likeness (QED) is 0.374. The number of nitrogens with zero attached hydrogens (tertiary/aromatic N) is 5. The van der Waals surface area contributed by atoms with Gasteiger partial charge in [0.05, 0.1) is 11.1 Å². The van der Waals surface area contributed by atoms with Gasteiger partial charge in [0, 0.05) is 18.1 Å². The molecule has 0 aliphatic carbocycles. The van der Waals surface area contributed by atoms with Crippen LogP contribution in [0.3, 0.4) is 0 Å². The predicted molar refractivity (Wildman–Crippen MR) is 78.9 cm³/mol. The molecule has 2 rings (SSSR count). The van der Waals surface area contributed by atoms with Gasteiger partial charge in [-0.2, -0.15) is 5.10 Å². The largest absolute Gasteiger partial charge is 0.335 e. The Balaban J connectivity index is 2.12. The second-order valence-corrected chi connectivity index (χ2v) is 4.41. The van der Waals surface area contributed by atoms with Crippen LogP contribution in [0.4, 0.5) is 11.6 Å². The van der Waals surface area contributed by atoms with Crippen molar-refractivity contribution >= 4 is 29.5 Å².